The van der Waals surface area contributed by atoms with Crippen LogP contribution < -0.4 is 11.1 Å². The van der Waals surface area contributed by atoms with Gasteiger partial charge >= 0.3 is 5.97 Å². The van der Waals surface area contributed by atoms with Gasteiger partial charge in [0.25, 0.3) is 16.9 Å². The first-order chi connectivity index (χ1) is 16.3. The fourth-order valence-corrected chi connectivity index (χ4v) is 6.14. The summed E-state index contributed by atoms with van der Waals surface area (Å²) in [7, 11) is 1.26. The highest BCUT2D eigenvalue weighted by Gasteiger charge is 2.54. The maximum absolute atomic E-state index is 12.8. The first-order valence-electron chi connectivity index (χ1n) is 9.55. The number of aromatic nitrogens is 1. The molecule has 0 spiro atoms. The van der Waals surface area contributed by atoms with E-state index in [1.54, 1.807) is 6.07 Å². The number of carboxylic acid groups (broad SMARTS) is 1. The Morgan fingerprint density at radius 2 is 2.26 bits per heavy atom. The molecule has 4 rings (SSSR count). The number of thioether (sulfide) groups is 2. The van der Waals surface area contributed by atoms with Crippen molar-refractivity contribution in [1.29, 1.82) is 0 Å². The predicted octanol–water partition coefficient (Wildman–Crippen LogP) is 0.981. The molecule has 0 bridgehead atoms. The predicted molar refractivity (Wildman–Crippen MR) is 125 cm³/mol. The second kappa shape index (κ2) is 9.90. The monoisotopic (exact) mass is 523 g/mol. The topological polar surface area (TPSA) is 177 Å². The van der Waals surface area contributed by atoms with Crippen molar-refractivity contribution in [3.05, 3.63) is 46.5 Å². The summed E-state index contributed by atoms with van der Waals surface area (Å²) in [5.41, 5.74) is 5.89. The van der Waals surface area contributed by atoms with Crippen LogP contribution in [0.5, 0.6) is 0 Å². The molecule has 2 amide bonds. The minimum atomic E-state index is -1.29. The molecule has 0 saturated carbocycles. The van der Waals surface area contributed by atoms with Crippen molar-refractivity contribution in [3.63, 3.8) is 0 Å². The summed E-state index contributed by atoms with van der Waals surface area (Å²) in [5, 5.41) is 16.8. The zero-order valence-corrected chi connectivity index (χ0v) is 19.9. The fraction of sp³-hybridized carbons (Fsp3) is 0.263. The Morgan fingerprint density at radius 3 is 2.88 bits per heavy atom. The van der Waals surface area contributed by atoms with E-state index in [1.165, 1.54) is 36.6 Å². The summed E-state index contributed by atoms with van der Waals surface area (Å²) < 4.78 is 5.05. The van der Waals surface area contributed by atoms with Crippen LogP contribution in [0.2, 0.25) is 0 Å². The summed E-state index contributed by atoms with van der Waals surface area (Å²) in [6, 6.07) is 2.13. The zero-order chi connectivity index (χ0) is 24.4. The van der Waals surface area contributed by atoms with Gasteiger partial charge in [-0.2, -0.15) is 0 Å². The number of nitrogens with zero attached hydrogens (tertiary/aromatic N) is 3. The average molecular weight is 524 g/mol. The van der Waals surface area contributed by atoms with E-state index < -0.39 is 29.2 Å². The average Bonchev–Trinajstić information content (AvgIpc) is 3.50. The normalized spacial score (nSPS) is 20.0. The Kier molecular flexibility index (Phi) is 6.95. The number of aliphatic carboxylic acids is 1. The van der Waals surface area contributed by atoms with Crippen molar-refractivity contribution in [3.8, 4) is 0 Å². The van der Waals surface area contributed by atoms with Crippen LogP contribution in [0, 0.1) is 0 Å². The number of oxime groups is 1. The summed E-state index contributed by atoms with van der Waals surface area (Å²) >= 11 is 3.29. The maximum atomic E-state index is 12.8. The Balaban J connectivity index is 1.47. The van der Waals surface area contributed by atoms with Crippen molar-refractivity contribution < 1.29 is 33.5 Å². The van der Waals surface area contributed by atoms with Crippen LogP contribution in [0.25, 0.3) is 0 Å². The summed E-state index contributed by atoms with van der Waals surface area (Å²) in [5.74, 6) is -2.08. The molecular formula is C19H17N5O7S3. The van der Waals surface area contributed by atoms with Gasteiger partial charge in [-0.15, -0.1) is 23.1 Å². The highest BCUT2D eigenvalue weighted by atomic mass is 32.2. The molecule has 4 heterocycles. The van der Waals surface area contributed by atoms with Gasteiger partial charge in [-0.1, -0.05) is 16.9 Å². The van der Waals surface area contributed by atoms with Crippen molar-refractivity contribution in [2.24, 2.45) is 5.16 Å². The molecule has 0 aromatic carbocycles. The van der Waals surface area contributed by atoms with Crippen LogP contribution in [0.4, 0.5) is 5.13 Å². The van der Waals surface area contributed by atoms with Crippen molar-refractivity contribution in [1.82, 2.24) is 15.2 Å². The fourth-order valence-electron chi connectivity index (χ4n) is 3.31. The molecule has 15 heteroatoms. The number of nitrogen functional groups attached to an aromatic ring is 1. The lowest BCUT2D eigenvalue weighted by molar-refractivity contribution is -0.150. The first kappa shape index (κ1) is 23.8. The molecule has 2 aromatic rings. The van der Waals surface area contributed by atoms with Gasteiger partial charge in [0.1, 0.15) is 29.9 Å². The number of hydrogen-bond acceptors (Lipinski definition) is 12. The van der Waals surface area contributed by atoms with Gasteiger partial charge in [0.15, 0.2) is 16.6 Å². The van der Waals surface area contributed by atoms with E-state index in [9.17, 15) is 24.3 Å². The lowest BCUT2D eigenvalue weighted by atomic mass is 10.0. The quantitative estimate of drug-likeness (QED) is 0.255. The van der Waals surface area contributed by atoms with Gasteiger partial charge in [0.05, 0.1) is 6.26 Å². The lowest BCUT2D eigenvalue weighted by Crippen LogP contribution is -2.71. The summed E-state index contributed by atoms with van der Waals surface area (Å²) in [4.78, 5) is 59.6. The van der Waals surface area contributed by atoms with Gasteiger partial charge in [-0.05, 0) is 17.7 Å². The standard InChI is InChI=1S/C19H17N5O7S3/c1-30-23-11(9-7-34-19(20)21-9)14(25)22-12-15(26)24-13(17(27)28)8(5-32-16(12)24)6-33-18(29)10-3-2-4-31-10/h2-4,7,12,16H,5-6H2,1H3,(H2,20,21)(H,22,25)(H,27,28)/t12?,16-/m0/s1. The molecule has 2 atom stereocenters. The van der Waals surface area contributed by atoms with Gasteiger partial charge in [0, 0.05) is 16.9 Å². The number of carbonyl (C=O) groups excluding carboxylic acids is 3. The second-order valence-corrected chi connectivity index (χ2v) is 9.81. The number of hydrogen-bond donors (Lipinski definition) is 3. The van der Waals surface area contributed by atoms with Crippen LogP contribution in [-0.2, 0) is 19.2 Å². The van der Waals surface area contributed by atoms with E-state index in [0.717, 1.165) is 28.0 Å². The molecule has 1 unspecified atom stereocenters. The number of β-lactam (4-membered cyclic amide) rings is 1. The molecule has 34 heavy (non-hydrogen) atoms. The molecule has 2 aliphatic rings. The third-order valence-corrected chi connectivity index (χ3v) is 7.77. The number of nitrogens with one attached hydrogen (secondary N) is 1. The molecule has 0 aliphatic carbocycles. The van der Waals surface area contributed by atoms with Crippen molar-refractivity contribution in [2.45, 2.75) is 11.4 Å². The summed E-state index contributed by atoms with van der Waals surface area (Å²) in [6.07, 6.45) is 1.37. The number of thiazole rings is 1. The SMILES string of the molecule is CON=C(C(=O)NC1C(=O)N2C(C(=O)O)=C(CSC(=O)c3ccco3)CS[C@@H]12)c1csc(N)n1. The van der Waals surface area contributed by atoms with E-state index >= 15 is 0 Å². The molecule has 178 valence electrons. The molecule has 1 saturated heterocycles. The number of fused-ring (bicyclic) bond motifs is 1. The third kappa shape index (κ3) is 4.53. The Hall–Kier alpha value is -3.30. The maximum Gasteiger partial charge on any atom is 0.352 e. The number of carbonyl (C=O) groups is 4. The number of furan rings is 1. The van der Waals surface area contributed by atoms with Crippen LogP contribution in [0.15, 0.2) is 44.6 Å². The van der Waals surface area contributed by atoms with Crippen LogP contribution in [-0.4, -0.2) is 73.6 Å². The van der Waals surface area contributed by atoms with Gasteiger partial charge in [-0.3, -0.25) is 19.3 Å². The van der Waals surface area contributed by atoms with Crippen molar-refractivity contribution >= 4 is 68.6 Å². The first-order valence-corrected chi connectivity index (χ1v) is 12.5. The third-order valence-electron chi connectivity index (χ3n) is 4.80. The molecule has 1 fully saturated rings. The van der Waals surface area contributed by atoms with Gasteiger partial charge < -0.3 is 25.4 Å². The number of anilines is 1. The van der Waals surface area contributed by atoms with E-state index in [2.05, 4.69) is 15.5 Å². The van der Waals surface area contributed by atoms with Crippen molar-refractivity contribution in [2.75, 3.05) is 24.3 Å². The van der Waals surface area contributed by atoms with Crippen LogP contribution in [0.1, 0.15) is 16.2 Å². The molecular weight excluding hydrogens is 506 g/mol. The van der Waals surface area contributed by atoms with E-state index in [4.69, 9.17) is 15.0 Å². The minimum absolute atomic E-state index is 0.0809. The van der Waals surface area contributed by atoms with Gasteiger partial charge in [-0.25, -0.2) is 9.78 Å². The van der Waals surface area contributed by atoms with E-state index in [0.29, 0.717) is 5.57 Å². The Labute approximate surface area is 204 Å². The molecule has 2 aliphatic heterocycles. The highest BCUT2D eigenvalue weighted by molar-refractivity contribution is 8.14. The smallest absolute Gasteiger partial charge is 0.352 e. The second-order valence-electron chi connectivity index (χ2n) is 6.87. The van der Waals surface area contributed by atoms with E-state index in [1.807, 2.05) is 0 Å². The molecule has 2 aromatic heterocycles. The highest BCUT2D eigenvalue weighted by Crippen LogP contribution is 2.41. The largest absolute Gasteiger partial charge is 0.477 e. The van der Waals surface area contributed by atoms with Crippen LogP contribution in [0.3, 0.4) is 0 Å². The Morgan fingerprint density at radius 1 is 1.47 bits per heavy atom. The molecule has 0 radical (unpaired) electrons. The lowest BCUT2D eigenvalue weighted by Gasteiger charge is -2.49. The Bertz CT molecular complexity index is 1210. The minimum Gasteiger partial charge on any atom is -0.477 e. The molecule has 12 nitrogen and oxygen atoms in total. The number of carboxylic acids is 1. The number of nitrogens with two attached hydrogens (primary N) is 1. The van der Waals surface area contributed by atoms with E-state index in [-0.39, 0.29) is 44.6 Å². The molecule has 4 N–H and O–H groups in total. The zero-order valence-electron chi connectivity index (χ0n) is 17.4. The number of rotatable bonds is 8. The van der Waals surface area contributed by atoms with Crippen LogP contribution >= 0.6 is 34.9 Å². The number of amides is 2. The summed E-state index contributed by atoms with van der Waals surface area (Å²) in [6.45, 7) is 0. The van der Waals surface area contributed by atoms with Gasteiger partial charge in [0.2, 0.25) is 0 Å².